The summed E-state index contributed by atoms with van der Waals surface area (Å²) < 4.78 is 5.43. The van der Waals surface area contributed by atoms with Gasteiger partial charge in [0.25, 0.3) is 0 Å². The lowest BCUT2D eigenvalue weighted by atomic mass is 10.0. The van der Waals surface area contributed by atoms with Gasteiger partial charge in [-0.1, -0.05) is 0 Å². The summed E-state index contributed by atoms with van der Waals surface area (Å²) in [5.74, 6) is 0.941. The number of ether oxygens (including phenoxy) is 1. The number of benzene rings is 1. The summed E-state index contributed by atoms with van der Waals surface area (Å²) >= 11 is 0. The second-order valence-corrected chi connectivity index (χ2v) is 3.74. The highest BCUT2D eigenvalue weighted by molar-refractivity contribution is 5.85. The maximum absolute atomic E-state index is 10.8. The Hall–Kier alpha value is -2.10. The molecule has 0 bridgehead atoms. The van der Waals surface area contributed by atoms with Gasteiger partial charge >= 0.3 is 0 Å². The van der Waals surface area contributed by atoms with Crippen molar-refractivity contribution >= 4 is 6.29 Å². The summed E-state index contributed by atoms with van der Waals surface area (Å²) in [5, 5.41) is 6.72. The van der Waals surface area contributed by atoms with E-state index in [0.717, 1.165) is 36.3 Å². The number of nitrogens with zero attached hydrogens (tertiary/aromatic N) is 1. The molecule has 1 aliphatic heterocycles. The van der Waals surface area contributed by atoms with Crippen LogP contribution in [0.3, 0.4) is 0 Å². The molecule has 1 aromatic heterocycles. The van der Waals surface area contributed by atoms with Gasteiger partial charge < -0.3 is 4.74 Å². The maximum Gasteiger partial charge on any atom is 0.153 e. The van der Waals surface area contributed by atoms with Crippen LogP contribution in [0.15, 0.2) is 24.4 Å². The van der Waals surface area contributed by atoms with Crippen LogP contribution in [-0.4, -0.2) is 23.1 Å². The van der Waals surface area contributed by atoms with Gasteiger partial charge in [0, 0.05) is 12.0 Å². The predicted octanol–water partition coefficient (Wildman–Crippen LogP) is 1.82. The first kappa shape index (κ1) is 9.15. The van der Waals surface area contributed by atoms with Crippen molar-refractivity contribution in [3.8, 4) is 17.0 Å². The van der Waals surface area contributed by atoms with Crippen molar-refractivity contribution in [2.24, 2.45) is 0 Å². The molecule has 0 amide bonds. The van der Waals surface area contributed by atoms with E-state index in [-0.39, 0.29) is 0 Å². The minimum absolute atomic E-state index is 0.582. The molecule has 80 valence electrons. The van der Waals surface area contributed by atoms with Crippen LogP contribution < -0.4 is 4.74 Å². The number of aromatic amines is 1. The van der Waals surface area contributed by atoms with Crippen LogP contribution in [0.25, 0.3) is 11.3 Å². The van der Waals surface area contributed by atoms with E-state index >= 15 is 0 Å². The van der Waals surface area contributed by atoms with Gasteiger partial charge in [0.15, 0.2) is 6.29 Å². The molecule has 0 spiro atoms. The molecule has 0 aliphatic carbocycles. The van der Waals surface area contributed by atoms with Gasteiger partial charge in [0.1, 0.15) is 5.75 Å². The van der Waals surface area contributed by atoms with Gasteiger partial charge in [0.2, 0.25) is 0 Å². The molecular weight excluding hydrogens is 204 g/mol. The second kappa shape index (κ2) is 3.48. The molecule has 16 heavy (non-hydrogen) atoms. The molecule has 0 fully saturated rings. The van der Waals surface area contributed by atoms with E-state index in [1.54, 1.807) is 0 Å². The molecule has 0 unspecified atom stereocenters. The summed E-state index contributed by atoms with van der Waals surface area (Å²) in [6.45, 7) is 0.738. The highest BCUT2D eigenvalue weighted by atomic mass is 16.5. The summed E-state index contributed by atoms with van der Waals surface area (Å²) in [6, 6.07) is 5.92. The van der Waals surface area contributed by atoms with Gasteiger partial charge in [-0.15, -0.1) is 0 Å². The molecule has 2 aromatic rings. The molecule has 1 aliphatic rings. The number of nitrogens with one attached hydrogen (secondary N) is 1. The lowest BCUT2D eigenvalue weighted by molar-refractivity contribution is 0.112. The minimum atomic E-state index is 0.582. The third-order valence-electron chi connectivity index (χ3n) is 2.77. The van der Waals surface area contributed by atoms with E-state index in [4.69, 9.17) is 4.74 Å². The van der Waals surface area contributed by atoms with Crippen molar-refractivity contribution in [3.05, 3.63) is 35.5 Å². The Morgan fingerprint density at radius 1 is 1.44 bits per heavy atom. The van der Waals surface area contributed by atoms with Crippen molar-refractivity contribution < 1.29 is 9.53 Å². The molecule has 1 N–H and O–H groups in total. The fourth-order valence-corrected chi connectivity index (χ4v) is 1.96. The van der Waals surface area contributed by atoms with Crippen LogP contribution in [0, 0.1) is 0 Å². The number of hydrogen-bond donors (Lipinski definition) is 1. The minimum Gasteiger partial charge on any atom is -0.493 e. The van der Waals surface area contributed by atoms with Crippen molar-refractivity contribution in [2.75, 3.05) is 6.61 Å². The predicted molar refractivity (Wildman–Crippen MR) is 58.6 cm³/mol. The Bertz CT molecular complexity index is 546. The third-order valence-corrected chi connectivity index (χ3v) is 2.77. The first-order chi connectivity index (χ1) is 7.88. The van der Waals surface area contributed by atoms with E-state index in [1.807, 2.05) is 18.2 Å². The van der Waals surface area contributed by atoms with Gasteiger partial charge in [-0.2, -0.15) is 5.10 Å². The molecule has 2 heterocycles. The quantitative estimate of drug-likeness (QED) is 0.776. The Morgan fingerprint density at radius 2 is 2.38 bits per heavy atom. The van der Waals surface area contributed by atoms with Crippen LogP contribution in [0.4, 0.5) is 0 Å². The van der Waals surface area contributed by atoms with Crippen LogP contribution in [-0.2, 0) is 6.42 Å². The summed E-state index contributed by atoms with van der Waals surface area (Å²) in [6.07, 6.45) is 3.27. The molecule has 1 aromatic carbocycles. The Balaban J connectivity index is 2.10. The zero-order chi connectivity index (χ0) is 11.0. The number of H-pyrrole nitrogens is 1. The van der Waals surface area contributed by atoms with E-state index in [9.17, 15) is 4.79 Å². The maximum atomic E-state index is 10.8. The second-order valence-electron chi connectivity index (χ2n) is 3.74. The number of carbonyl (C=O) groups is 1. The number of rotatable bonds is 2. The highest BCUT2D eigenvalue weighted by Crippen LogP contribution is 2.30. The summed E-state index contributed by atoms with van der Waals surface area (Å²) in [7, 11) is 0. The lowest BCUT2D eigenvalue weighted by Gasteiger charge is -2.02. The fourth-order valence-electron chi connectivity index (χ4n) is 1.96. The van der Waals surface area contributed by atoms with Crippen LogP contribution in [0.5, 0.6) is 5.75 Å². The number of aromatic nitrogens is 2. The van der Waals surface area contributed by atoms with Gasteiger partial charge in [-0.25, -0.2) is 0 Å². The molecular formula is C12H10N2O2. The highest BCUT2D eigenvalue weighted by Gasteiger charge is 2.14. The van der Waals surface area contributed by atoms with Crippen LogP contribution in [0.2, 0.25) is 0 Å². The Kier molecular flexibility index (Phi) is 1.99. The Morgan fingerprint density at radius 3 is 3.25 bits per heavy atom. The lowest BCUT2D eigenvalue weighted by Crippen LogP contribution is -1.86. The number of fused-ring (bicyclic) bond motifs is 1. The van der Waals surface area contributed by atoms with Crippen molar-refractivity contribution in [1.29, 1.82) is 0 Å². The van der Waals surface area contributed by atoms with Crippen LogP contribution >= 0.6 is 0 Å². The Labute approximate surface area is 92.2 Å². The summed E-state index contributed by atoms with van der Waals surface area (Å²) in [5.41, 5.74) is 3.51. The molecule has 0 atom stereocenters. The van der Waals surface area contributed by atoms with Crippen molar-refractivity contribution in [2.45, 2.75) is 6.42 Å². The summed E-state index contributed by atoms with van der Waals surface area (Å²) in [4.78, 5) is 10.8. The average Bonchev–Trinajstić information content (AvgIpc) is 2.96. The third kappa shape index (κ3) is 1.31. The van der Waals surface area contributed by atoms with E-state index in [1.165, 1.54) is 11.8 Å². The monoisotopic (exact) mass is 214 g/mol. The normalized spacial score (nSPS) is 13.2. The number of hydrogen-bond acceptors (Lipinski definition) is 3. The number of aldehydes is 1. The molecule has 0 saturated heterocycles. The SMILES string of the molecule is O=Cc1cn[nH]c1-c1ccc2c(c1)CCO2. The van der Waals surface area contributed by atoms with Gasteiger partial charge in [-0.05, 0) is 23.8 Å². The van der Waals surface area contributed by atoms with E-state index < -0.39 is 0 Å². The van der Waals surface area contributed by atoms with Gasteiger partial charge in [-0.3, -0.25) is 9.89 Å². The van der Waals surface area contributed by atoms with Gasteiger partial charge in [0.05, 0.1) is 24.1 Å². The smallest absolute Gasteiger partial charge is 0.153 e. The first-order valence-corrected chi connectivity index (χ1v) is 5.13. The first-order valence-electron chi connectivity index (χ1n) is 5.13. The molecule has 0 radical (unpaired) electrons. The topological polar surface area (TPSA) is 55.0 Å². The van der Waals surface area contributed by atoms with Crippen molar-refractivity contribution in [3.63, 3.8) is 0 Å². The van der Waals surface area contributed by atoms with E-state index in [0.29, 0.717) is 5.56 Å². The largest absolute Gasteiger partial charge is 0.493 e. The van der Waals surface area contributed by atoms with E-state index in [2.05, 4.69) is 10.2 Å². The zero-order valence-electron chi connectivity index (χ0n) is 8.56. The standard InChI is InChI=1S/C12H10N2O2/c15-7-10-6-13-14-12(10)9-1-2-11-8(5-9)3-4-16-11/h1-2,5-7H,3-4H2,(H,13,14). The molecule has 0 saturated carbocycles. The molecule has 4 nitrogen and oxygen atoms in total. The average molecular weight is 214 g/mol. The zero-order valence-corrected chi connectivity index (χ0v) is 8.56. The fraction of sp³-hybridized carbons (Fsp3) is 0.167. The molecule has 4 heteroatoms. The number of carbonyl (C=O) groups excluding carboxylic acids is 1. The van der Waals surface area contributed by atoms with Crippen LogP contribution in [0.1, 0.15) is 15.9 Å². The molecule has 3 rings (SSSR count). The van der Waals surface area contributed by atoms with Crippen molar-refractivity contribution in [1.82, 2.24) is 10.2 Å².